The van der Waals surface area contributed by atoms with Crippen LogP contribution in [0.25, 0.3) is 0 Å². The standard InChI is InChI=1S/C8H13N3O.C2H6/c1-7(12)11-4-3-10(2)6-8(11)5-9;1-2/h8H,3-4,6H2,1-2H3;1-2H3. The van der Waals surface area contributed by atoms with Crippen molar-refractivity contribution in [1.82, 2.24) is 9.80 Å². The van der Waals surface area contributed by atoms with Crippen LogP contribution in [-0.4, -0.2) is 48.4 Å². The minimum absolute atomic E-state index is 0.00495. The maximum absolute atomic E-state index is 11.0. The number of carbonyl (C=O) groups excluding carboxylic acids is 1. The van der Waals surface area contributed by atoms with E-state index < -0.39 is 0 Å². The second kappa shape index (κ2) is 6.39. The fourth-order valence-electron chi connectivity index (χ4n) is 1.41. The first-order valence-electron chi connectivity index (χ1n) is 5.00. The first-order chi connectivity index (χ1) is 6.65. The molecule has 0 spiro atoms. The molecule has 1 aliphatic heterocycles. The number of hydrogen-bond donors (Lipinski definition) is 0. The van der Waals surface area contributed by atoms with Crippen molar-refractivity contribution in [3.63, 3.8) is 0 Å². The van der Waals surface area contributed by atoms with Gasteiger partial charge in [0, 0.05) is 26.6 Å². The summed E-state index contributed by atoms with van der Waals surface area (Å²) in [4.78, 5) is 14.7. The van der Waals surface area contributed by atoms with E-state index in [1.54, 1.807) is 4.90 Å². The average Bonchev–Trinajstić information content (AvgIpc) is 2.20. The van der Waals surface area contributed by atoms with Gasteiger partial charge in [-0.15, -0.1) is 0 Å². The molecule has 1 atom stereocenters. The van der Waals surface area contributed by atoms with Crippen molar-refractivity contribution < 1.29 is 4.79 Å². The van der Waals surface area contributed by atoms with Crippen LogP contribution in [-0.2, 0) is 4.79 Å². The van der Waals surface area contributed by atoms with E-state index in [-0.39, 0.29) is 11.9 Å². The number of nitrogens with zero attached hydrogens (tertiary/aromatic N) is 3. The molecule has 1 aliphatic rings. The minimum atomic E-state index is -0.263. The van der Waals surface area contributed by atoms with E-state index >= 15 is 0 Å². The highest BCUT2D eigenvalue weighted by atomic mass is 16.2. The van der Waals surface area contributed by atoms with E-state index in [9.17, 15) is 4.79 Å². The van der Waals surface area contributed by atoms with E-state index in [1.165, 1.54) is 6.92 Å². The van der Waals surface area contributed by atoms with Crippen molar-refractivity contribution in [3.8, 4) is 6.07 Å². The molecule has 0 bridgehead atoms. The molecule has 1 unspecified atom stereocenters. The molecule has 14 heavy (non-hydrogen) atoms. The number of likely N-dealkylation sites (N-methyl/N-ethyl adjacent to an activating group) is 1. The van der Waals surface area contributed by atoms with Crippen molar-refractivity contribution in [2.24, 2.45) is 0 Å². The Morgan fingerprint density at radius 2 is 2.00 bits per heavy atom. The Balaban J connectivity index is 0.000000791. The lowest BCUT2D eigenvalue weighted by atomic mass is 10.2. The van der Waals surface area contributed by atoms with Crippen LogP contribution in [0.3, 0.4) is 0 Å². The van der Waals surface area contributed by atoms with Crippen LogP contribution >= 0.6 is 0 Å². The summed E-state index contributed by atoms with van der Waals surface area (Å²) >= 11 is 0. The molecule has 0 aromatic rings. The average molecular weight is 197 g/mol. The normalized spacial score (nSPS) is 21.9. The third-order valence-corrected chi connectivity index (χ3v) is 2.14. The third-order valence-electron chi connectivity index (χ3n) is 2.14. The smallest absolute Gasteiger partial charge is 0.220 e. The van der Waals surface area contributed by atoms with Crippen molar-refractivity contribution in [1.29, 1.82) is 5.26 Å². The quantitative estimate of drug-likeness (QED) is 0.574. The monoisotopic (exact) mass is 197 g/mol. The molecule has 0 saturated carbocycles. The van der Waals surface area contributed by atoms with Crippen molar-refractivity contribution in [2.75, 3.05) is 26.7 Å². The minimum Gasteiger partial charge on any atom is -0.324 e. The lowest BCUT2D eigenvalue weighted by Crippen LogP contribution is -2.52. The molecule has 0 aromatic carbocycles. The highest BCUT2D eigenvalue weighted by Crippen LogP contribution is 2.07. The van der Waals surface area contributed by atoms with Gasteiger partial charge in [0.05, 0.1) is 6.07 Å². The largest absolute Gasteiger partial charge is 0.324 e. The summed E-state index contributed by atoms with van der Waals surface area (Å²) in [5, 5.41) is 8.76. The number of nitriles is 1. The van der Waals surface area contributed by atoms with Gasteiger partial charge in [0.25, 0.3) is 0 Å². The van der Waals surface area contributed by atoms with Gasteiger partial charge in [-0.2, -0.15) is 5.26 Å². The molecule has 1 fully saturated rings. The van der Waals surface area contributed by atoms with E-state index in [1.807, 2.05) is 20.9 Å². The van der Waals surface area contributed by atoms with E-state index in [0.717, 1.165) is 6.54 Å². The molecule has 1 saturated heterocycles. The lowest BCUT2D eigenvalue weighted by Gasteiger charge is -2.35. The number of piperazine rings is 1. The van der Waals surface area contributed by atoms with Crippen LogP contribution in [0.4, 0.5) is 0 Å². The van der Waals surface area contributed by atoms with E-state index in [0.29, 0.717) is 13.1 Å². The maximum atomic E-state index is 11.0. The lowest BCUT2D eigenvalue weighted by molar-refractivity contribution is -0.132. The fraction of sp³-hybridized carbons (Fsp3) is 0.800. The van der Waals surface area contributed by atoms with Gasteiger partial charge in [0.1, 0.15) is 6.04 Å². The SMILES string of the molecule is CC.CC(=O)N1CCN(C)CC1C#N. The van der Waals surface area contributed by atoms with Crippen LogP contribution in [0.1, 0.15) is 20.8 Å². The van der Waals surface area contributed by atoms with Crippen LogP contribution in [0.15, 0.2) is 0 Å². The molecular formula is C10H19N3O. The van der Waals surface area contributed by atoms with Crippen LogP contribution in [0, 0.1) is 11.3 Å². The number of amides is 1. The zero-order valence-electron chi connectivity index (χ0n) is 9.45. The summed E-state index contributed by atoms with van der Waals surface area (Å²) in [6.07, 6.45) is 0. The molecule has 80 valence electrons. The first kappa shape index (κ1) is 12.9. The molecule has 1 amide bonds. The van der Waals surface area contributed by atoms with Crippen molar-refractivity contribution in [2.45, 2.75) is 26.8 Å². The Morgan fingerprint density at radius 1 is 1.43 bits per heavy atom. The van der Waals surface area contributed by atoms with Crippen molar-refractivity contribution in [3.05, 3.63) is 0 Å². The van der Waals surface area contributed by atoms with Crippen LogP contribution in [0.2, 0.25) is 0 Å². The van der Waals surface area contributed by atoms with Gasteiger partial charge in [-0.3, -0.25) is 4.79 Å². The molecule has 1 heterocycles. The van der Waals surface area contributed by atoms with E-state index in [4.69, 9.17) is 5.26 Å². The Morgan fingerprint density at radius 3 is 2.43 bits per heavy atom. The molecule has 0 radical (unpaired) electrons. The van der Waals surface area contributed by atoms with Gasteiger partial charge in [-0.1, -0.05) is 13.8 Å². The second-order valence-electron chi connectivity index (χ2n) is 3.12. The Kier molecular flexibility index (Phi) is 5.89. The molecule has 4 heteroatoms. The number of carbonyl (C=O) groups is 1. The zero-order valence-corrected chi connectivity index (χ0v) is 9.45. The Bertz CT molecular complexity index is 222. The molecule has 0 aromatic heterocycles. The second-order valence-corrected chi connectivity index (χ2v) is 3.12. The summed E-state index contributed by atoms with van der Waals surface area (Å²) in [5.41, 5.74) is 0. The third kappa shape index (κ3) is 3.35. The summed E-state index contributed by atoms with van der Waals surface area (Å²) in [6.45, 7) is 7.70. The van der Waals surface area contributed by atoms with Gasteiger partial charge in [-0.25, -0.2) is 0 Å². The topological polar surface area (TPSA) is 47.3 Å². The summed E-state index contributed by atoms with van der Waals surface area (Å²) in [7, 11) is 1.96. The van der Waals surface area contributed by atoms with Gasteiger partial charge in [0.15, 0.2) is 0 Å². The van der Waals surface area contributed by atoms with E-state index in [2.05, 4.69) is 11.0 Å². The first-order valence-corrected chi connectivity index (χ1v) is 5.00. The molecular weight excluding hydrogens is 178 g/mol. The van der Waals surface area contributed by atoms with Gasteiger partial charge in [-0.05, 0) is 7.05 Å². The molecule has 0 N–H and O–H groups in total. The fourth-order valence-corrected chi connectivity index (χ4v) is 1.41. The molecule has 1 rings (SSSR count). The van der Waals surface area contributed by atoms with Crippen LogP contribution in [0.5, 0.6) is 0 Å². The Labute approximate surface area is 86.1 Å². The van der Waals surface area contributed by atoms with Gasteiger partial charge in [0.2, 0.25) is 5.91 Å². The predicted octanol–water partition coefficient (Wildman–Crippen LogP) is 0.699. The van der Waals surface area contributed by atoms with Crippen LogP contribution < -0.4 is 0 Å². The summed E-state index contributed by atoms with van der Waals surface area (Å²) < 4.78 is 0. The molecule has 0 aliphatic carbocycles. The Hall–Kier alpha value is -1.08. The maximum Gasteiger partial charge on any atom is 0.220 e. The van der Waals surface area contributed by atoms with Gasteiger partial charge >= 0.3 is 0 Å². The van der Waals surface area contributed by atoms with Gasteiger partial charge < -0.3 is 9.80 Å². The van der Waals surface area contributed by atoms with Crippen molar-refractivity contribution >= 4 is 5.91 Å². The molecule has 4 nitrogen and oxygen atoms in total. The number of hydrogen-bond acceptors (Lipinski definition) is 3. The zero-order chi connectivity index (χ0) is 11.1. The highest BCUT2D eigenvalue weighted by molar-refractivity contribution is 5.74. The summed E-state index contributed by atoms with van der Waals surface area (Å²) in [5.74, 6) is -0.00495. The number of rotatable bonds is 0. The summed E-state index contributed by atoms with van der Waals surface area (Å²) in [6, 6.07) is 1.87. The highest BCUT2D eigenvalue weighted by Gasteiger charge is 2.26. The predicted molar refractivity (Wildman–Crippen MR) is 55.6 cm³/mol.